The van der Waals surface area contributed by atoms with E-state index in [-0.39, 0.29) is 12.4 Å². The molecule has 4 heteroatoms. The summed E-state index contributed by atoms with van der Waals surface area (Å²) < 4.78 is 18.5. The summed E-state index contributed by atoms with van der Waals surface area (Å²) in [5, 5.41) is 10.1. The van der Waals surface area contributed by atoms with Crippen molar-refractivity contribution in [1.82, 2.24) is 0 Å². The standard InChI is InChI=1S/C16H18FNO2/c1-11-8-14(17)6-7-16(11)20-10-15(19)13-4-2-12(9-18)3-5-13/h2-8,15,19H,9-10,18H2,1H3. The van der Waals surface area contributed by atoms with Crippen molar-refractivity contribution in [3.8, 4) is 5.75 Å². The first-order chi connectivity index (χ1) is 9.60. The third-order valence-electron chi connectivity index (χ3n) is 3.13. The SMILES string of the molecule is Cc1cc(F)ccc1OCC(O)c1ccc(CN)cc1. The zero-order valence-corrected chi connectivity index (χ0v) is 11.3. The Morgan fingerprint density at radius 3 is 2.50 bits per heavy atom. The molecule has 0 saturated carbocycles. The van der Waals surface area contributed by atoms with E-state index in [0.717, 1.165) is 11.1 Å². The predicted molar refractivity (Wildman–Crippen MR) is 75.9 cm³/mol. The molecule has 2 aromatic rings. The van der Waals surface area contributed by atoms with Crippen LogP contribution < -0.4 is 10.5 Å². The monoisotopic (exact) mass is 275 g/mol. The van der Waals surface area contributed by atoms with Gasteiger partial charge in [0.1, 0.15) is 24.3 Å². The van der Waals surface area contributed by atoms with E-state index in [1.165, 1.54) is 12.1 Å². The van der Waals surface area contributed by atoms with Crippen molar-refractivity contribution in [1.29, 1.82) is 0 Å². The maximum absolute atomic E-state index is 13.0. The topological polar surface area (TPSA) is 55.5 Å². The molecule has 1 atom stereocenters. The first-order valence-electron chi connectivity index (χ1n) is 6.46. The molecular formula is C16H18FNO2. The van der Waals surface area contributed by atoms with Crippen LogP contribution in [0.15, 0.2) is 42.5 Å². The van der Waals surface area contributed by atoms with Crippen LogP contribution in [0.4, 0.5) is 4.39 Å². The molecule has 0 heterocycles. The largest absolute Gasteiger partial charge is 0.490 e. The lowest BCUT2D eigenvalue weighted by Gasteiger charge is -2.14. The van der Waals surface area contributed by atoms with Gasteiger partial charge in [-0.2, -0.15) is 0 Å². The Bertz CT molecular complexity index is 569. The van der Waals surface area contributed by atoms with Crippen molar-refractivity contribution in [3.63, 3.8) is 0 Å². The lowest BCUT2D eigenvalue weighted by atomic mass is 10.1. The quantitative estimate of drug-likeness (QED) is 0.882. The lowest BCUT2D eigenvalue weighted by molar-refractivity contribution is 0.108. The van der Waals surface area contributed by atoms with E-state index in [9.17, 15) is 9.50 Å². The van der Waals surface area contributed by atoms with E-state index in [2.05, 4.69) is 0 Å². The lowest BCUT2D eigenvalue weighted by Crippen LogP contribution is -2.10. The molecule has 2 rings (SSSR count). The molecule has 0 bridgehead atoms. The molecule has 3 nitrogen and oxygen atoms in total. The van der Waals surface area contributed by atoms with Gasteiger partial charge in [-0.1, -0.05) is 24.3 Å². The van der Waals surface area contributed by atoms with Crippen LogP contribution in [0.1, 0.15) is 22.8 Å². The van der Waals surface area contributed by atoms with Crippen LogP contribution in [0, 0.1) is 12.7 Å². The summed E-state index contributed by atoms with van der Waals surface area (Å²) in [5.41, 5.74) is 8.00. The molecule has 2 aromatic carbocycles. The molecule has 0 saturated heterocycles. The van der Waals surface area contributed by atoms with Gasteiger partial charge in [-0.15, -0.1) is 0 Å². The smallest absolute Gasteiger partial charge is 0.123 e. The zero-order valence-electron chi connectivity index (χ0n) is 11.3. The van der Waals surface area contributed by atoms with Crippen LogP contribution in [0.5, 0.6) is 5.75 Å². The van der Waals surface area contributed by atoms with Gasteiger partial charge >= 0.3 is 0 Å². The highest BCUT2D eigenvalue weighted by Gasteiger charge is 2.09. The van der Waals surface area contributed by atoms with Gasteiger partial charge in [-0.05, 0) is 41.8 Å². The second-order valence-electron chi connectivity index (χ2n) is 4.68. The van der Waals surface area contributed by atoms with Crippen LogP contribution in [-0.4, -0.2) is 11.7 Å². The van der Waals surface area contributed by atoms with Crippen molar-refractivity contribution < 1.29 is 14.2 Å². The molecule has 1 unspecified atom stereocenters. The van der Waals surface area contributed by atoms with Gasteiger partial charge in [0, 0.05) is 6.54 Å². The van der Waals surface area contributed by atoms with E-state index < -0.39 is 6.10 Å². The van der Waals surface area contributed by atoms with E-state index in [4.69, 9.17) is 10.5 Å². The van der Waals surface area contributed by atoms with Crippen molar-refractivity contribution in [2.45, 2.75) is 19.6 Å². The van der Waals surface area contributed by atoms with E-state index in [1.807, 2.05) is 24.3 Å². The van der Waals surface area contributed by atoms with E-state index >= 15 is 0 Å². The third-order valence-corrected chi connectivity index (χ3v) is 3.13. The van der Waals surface area contributed by atoms with Crippen LogP contribution >= 0.6 is 0 Å². The van der Waals surface area contributed by atoms with Crippen LogP contribution in [0.25, 0.3) is 0 Å². The van der Waals surface area contributed by atoms with Gasteiger partial charge < -0.3 is 15.6 Å². The highest BCUT2D eigenvalue weighted by atomic mass is 19.1. The molecule has 0 amide bonds. The number of hydrogen-bond acceptors (Lipinski definition) is 3. The van der Waals surface area contributed by atoms with Gasteiger partial charge in [0.15, 0.2) is 0 Å². The second kappa shape index (κ2) is 6.50. The molecule has 106 valence electrons. The average molecular weight is 275 g/mol. The molecule has 0 aliphatic heterocycles. The Morgan fingerprint density at radius 1 is 1.20 bits per heavy atom. The van der Waals surface area contributed by atoms with Gasteiger partial charge in [-0.3, -0.25) is 0 Å². The zero-order chi connectivity index (χ0) is 14.5. The fourth-order valence-electron chi connectivity index (χ4n) is 1.92. The molecule has 0 aliphatic rings. The number of halogens is 1. The minimum Gasteiger partial charge on any atom is -0.490 e. The van der Waals surface area contributed by atoms with Crippen molar-refractivity contribution in [3.05, 3.63) is 65.0 Å². The number of aliphatic hydroxyl groups is 1. The Hall–Kier alpha value is -1.91. The first kappa shape index (κ1) is 14.5. The Morgan fingerprint density at radius 2 is 1.90 bits per heavy atom. The van der Waals surface area contributed by atoms with Crippen LogP contribution in [0.2, 0.25) is 0 Å². The number of hydrogen-bond donors (Lipinski definition) is 2. The summed E-state index contributed by atoms with van der Waals surface area (Å²) in [6.07, 6.45) is -0.730. The summed E-state index contributed by atoms with van der Waals surface area (Å²) in [6, 6.07) is 11.7. The predicted octanol–water partition coefficient (Wildman–Crippen LogP) is 2.71. The normalized spacial score (nSPS) is 12.2. The minimum atomic E-state index is -0.730. The van der Waals surface area contributed by atoms with Crippen LogP contribution in [-0.2, 0) is 6.54 Å². The van der Waals surface area contributed by atoms with Crippen molar-refractivity contribution in [2.24, 2.45) is 5.73 Å². The molecule has 3 N–H and O–H groups in total. The number of aliphatic hydroxyl groups excluding tert-OH is 1. The number of ether oxygens (including phenoxy) is 1. The maximum atomic E-state index is 13.0. The highest BCUT2D eigenvalue weighted by Crippen LogP contribution is 2.21. The first-order valence-corrected chi connectivity index (χ1v) is 6.46. The van der Waals surface area contributed by atoms with Crippen molar-refractivity contribution in [2.75, 3.05) is 6.61 Å². The van der Waals surface area contributed by atoms with Crippen molar-refractivity contribution >= 4 is 0 Å². The van der Waals surface area contributed by atoms with E-state index in [1.54, 1.807) is 13.0 Å². The molecule has 0 radical (unpaired) electrons. The molecule has 0 spiro atoms. The summed E-state index contributed by atoms with van der Waals surface area (Å²) in [7, 11) is 0. The number of aryl methyl sites for hydroxylation is 1. The Balaban J connectivity index is 1.98. The van der Waals surface area contributed by atoms with Gasteiger partial charge in [-0.25, -0.2) is 4.39 Å². The summed E-state index contributed by atoms with van der Waals surface area (Å²) in [6.45, 7) is 2.36. The van der Waals surface area contributed by atoms with Gasteiger partial charge in [0.2, 0.25) is 0 Å². The third kappa shape index (κ3) is 3.56. The van der Waals surface area contributed by atoms with Gasteiger partial charge in [0.25, 0.3) is 0 Å². The second-order valence-corrected chi connectivity index (χ2v) is 4.68. The minimum absolute atomic E-state index is 0.119. The number of nitrogens with two attached hydrogens (primary N) is 1. The summed E-state index contributed by atoms with van der Waals surface area (Å²) in [5.74, 6) is 0.275. The maximum Gasteiger partial charge on any atom is 0.123 e. The molecular weight excluding hydrogens is 257 g/mol. The fourth-order valence-corrected chi connectivity index (χ4v) is 1.92. The molecule has 20 heavy (non-hydrogen) atoms. The number of rotatable bonds is 5. The molecule has 0 aromatic heterocycles. The van der Waals surface area contributed by atoms with Gasteiger partial charge in [0.05, 0.1) is 0 Å². The Kier molecular flexibility index (Phi) is 4.71. The Labute approximate surface area is 117 Å². The fraction of sp³-hybridized carbons (Fsp3) is 0.250. The average Bonchev–Trinajstić information content (AvgIpc) is 2.46. The molecule has 0 fully saturated rings. The highest BCUT2D eigenvalue weighted by molar-refractivity contribution is 5.32. The van der Waals surface area contributed by atoms with E-state index in [0.29, 0.717) is 17.9 Å². The molecule has 0 aliphatic carbocycles. The summed E-state index contributed by atoms with van der Waals surface area (Å²) in [4.78, 5) is 0. The van der Waals surface area contributed by atoms with Crippen LogP contribution in [0.3, 0.4) is 0 Å². The number of benzene rings is 2. The summed E-state index contributed by atoms with van der Waals surface area (Å²) >= 11 is 0.